The van der Waals surface area contributed by atoms with E-state index in [-0.39, 0.29) is 13.0 Å². The average Bonchev–Trinajstić information content (AvgIpc) is 2.41. The van der Waals surface area contributed by atoms with E-state index in [1.165, 1.54) is 0 Å². The van der Waals surface area contributed by atoms with Crippen LogP contribution in [0.5, 0.6) is 0 Å². The maximum atomic E-state index is 11.0. The van der Waals surface area contributed by atoms with Crippen molar-refractivity contribution in [1.29, 1.82) is 0 Å². The molecule has 2 aromatic rings. The monoisotopic (exact) mass is 274 g/mol. The van der Waals surface area contributed by atoms with Crippen LogP contribution >= 0.6 is 0 Å². The Balaban J connectivity index is 2.52. The molecular formula is C15H18N2O3. The summed E-state index contributed by atoms with van der Waals surface area (Å²) in [6.45, 7) is 2.52. The number of aliphatic carboxylic acids is 1. The van der Waals surface area contributed by atoms with Gasteiger partial charge in [-0.15, -0.1) is 0 Å². The smallest absolute Gasteiger partial charge is 0.307 e. The molecule has 1 heterocycles. The fourth-order valence-electron chi connectivity index (χ4n) is 2.24. The molecular weight excluding hydrogens is 256 g/mol. The molecule has 0 saturated heterocycles. The molecule has 0 aliphatic carbocycles. The molecule has 2 rings (SSSR count). The highest BCUT2D eigenvalue weighted by Crippen LogP contribution is 2.28. The Bertz CT molecular complexity index is 626. The Morgan fingerprint density at radius 1 is 1.35 bits per heavy atom. The van der Waals surface area contributed by atoms with E-state index in [0.717, 1.165) is 22.3 Å². The summed E-state index contributed by atoms with van der Waals surface area (Å²) in [6.07, 6.45) is 0.549. The van der Waals surface area contributed by atoms with Crippen molar-refractivity contribution < 1.29 is 15.0 Å². The molecule has 3 N–H and O–H groups in total. The molecule has 5 heteroatoms. The lowest BCUT2D eigenvalue weighted by Crippen LogP contribution is -2.11. The SMILES string of the molecule is Cc1nc2ccccc2c(NCCCO)c1CC(=O)O. The van der Waals surface area contributed by atoms with E-state index in [9.17, 15) is 4.79 Å². The number of benzene rings is 1. The van der Waals surface area contributed by atoms with Crippen LogP contribution in [-0.2, 0) is 11.2 Å². The van der Waals surface area contributed by atoms with E-state index in [1.807, 2.05) is 31.2 Å². The zero-order valence-corrected chi connectivity index (χ0v) is 11.4. The number of nitrogens with zero attached hydrogens (tertiary/aromatic N) is 1. The number of aliphatic hydroxyl groups excluding tert-OH is 1. The molecule has 0 fully saturated rings. The first-order chi connectivity index (χ1) is 9.63. The highest BCUT2D eigenvalue weighted by molar-refractivity contribution is 5.94. The minimum absolute atomic E-state index is 0.0644. The van der Waals surface area contributed by atoms with Crippen molar-refractivity contribution in [3.8, 4) is 0 Å². The molecule has 0 unspecified atom stereocenters. The third-order valence-corrected chi connectivity index (χ3v) is 3.16. The molecule has 5 nitrogen and oxygen atoms in total. The molecule has 0 spiro atoms. The van der Waals surface area contributed by atoms with Crippen molar-refractivity contribution in [3.63, 3.8) is 0 Å². The number of para-hydroxylation sites is 1. The van der Waals surface area contributed by atoms with Gasteiger partial charge < -0.3 is 15.5 Å². The summed E-state index contributed by atoms with van der Waals surface area (Å²) in [7, 11) is 0. The highest BCUT2D eigenvalue weighted by atomic mass is 16.4. The maximum absolute atomic E-state index is 11.0. The minimum atomic E-state index is -0.879. The van der Waals surface area contributed by atoms with E-state index in [4.69, 9.17) is 10.2 Å². The molecule has 0 amide bonds. The summed E-state index contributed by atoms with van der Waals surface area (Å²) >= 11 is 0. The molecule has 0 radical (unpaired) electrons. The second-order valence-electron chi connectivity index (χ2n) is 4.64. The Morgan fingerprint density at radius 2 is 2.10 bits per heavy atom. The molecule has 20 heavy (non-hydrogen) atoms. The van der Waals surface area contributed by atoms with Gasteiger partial charge in [0.1, 0.15) is 0 Å². The van der Waals surface area contributed by atoms with Crippen LogP contribution in [0.25, 0.3) is 10.9 Å². The summed E-state index contributed by atoms with van der Waals surface area (Å²) in [6, 6.07) is 7.64. The second-order valence-corrected chi connectivity index (χ2v) is 4.64. The zero-order chi connectivity index (χ0) is 14.5. The average molecular weight is 274 g/mol. The molecule has 0 aliphatic heterocycles. The Hall–Kier alpha value is -2.14. The number of hydrogen-bond acceptors (Lipinski definition) is 4. The lowest BCUT2D eigenvalue weighted by atomic mass is 10.0. The van der Waals surface area contributed by atoms with Gasteiger partial charge in [-0.1, -0.05) is 18.2 Å². The summed E-state index contributed by atoms with van der Waals surface area (Å²) < 4.78 is 0. The number of rotatable bonds is 6. The van der Waals surface area contributed by atoms with Crippen LogP contribution in [-0.4, -0.2) is 34.3 Å². The number of aliphatic hydroxyl groups is 1. The van der Waals surface area contributed by atoms with Crippen molar-refractivity contribution in [1.82, 2.24) is 4.98 Å². The van der Waals surface area contributed by atoms with Gasteiger partial charge in [0.25, 0.3) is 0 Å². The normalized spacial score (nSPS) is 10.7. The summed E-state index contributed by atoms with van der Waals surface area (Å²) in [5.74, 6) is -0.879. The first kappa shape index (κ1) is 14.3. The predicted molar refractivity (Wildman–Crippen MR) is 78.0 cm³/mol. The van der Waals surface area contributed by atoms with Gasteiger partial charge in [0.2, 0.25) is 0 Å². The Morgan fingerprint density at radius 3 is 2.80 bits per heavy atom. The number of aryl methyl sites for hydroxylation is 1. The van der Waals surface area contributed by atoms with Gasteiger partial charge in [0.15, 0.2) is 0 Å². The summed E-state index contributed by atoms with van der Waals surface area (Å²) in [5.41, 5.74) is 3.07. The predicted octanol–water partition coefficient (Wildman–Crippen LogP) is 1.96. The van der Waals surface area contributed by atoms with Crippen LogP contribution < -0.4 is 5.32 Å². The molecule has 0 aliphatic rings. The van der Waals surface area contributed by atoms with Crippen LogP contribution in [0.2, 0.25) is 0 Å². The van der Waals surface area contributed by atoms with Crippen LogP contribution in [0.1, 0.15) is 17.7 Å². The fourth-order valence-corrected chi connectivity index (χ4v) is 2.24. The summed E-state index contributed by atoms with van der Waals surface area (Å²) in [5, 5.41) is 22.1. The first-order valence-corrected chi connectivity index (χ1v) is 6.58. The lowest BCUT2D eigenvalue weighted by molar-refractivity contribution is -0.136. The van der Waals surface area contributed by atoms with Crippen molar-refractivity contribution >= 4 is 22.6 Å². The number of pyridine rings is 1. The molecule has 1 aromatic heterocycles. The van der Waals surface area contributed by atoms with Gasteiger partial charge >= 0.3 is 5.97 Å². The van der Waals surface area contributed by atoms with Crippen molar-refractivity contribution in [3.05, 3.63) is 35.5 Å². The van der Waals surface area contributed by atoms with Crippen molar-refractivity contribution in [2.75, 3.05) is 18.5 Å². The van der Waals surface area contributed by atoms with Gasteiger partial charge in [-0.25, -0.2) is 0 Å². The molecule has 0 atom stereocenters. The van der Waals surface area contributed by atoms with Gasteiger partial charge in [0.05, 0.1) is 11.9 Å². The molecule has 106 valence electrons. The van der Waals surface area contributed by atoms with Crippen LogP contribution in [0, 0.1) is 6.92 Å². The minimum Gasteiger partial charge on any atom is -0.481 e. The Kier molecular flexibility index (Phi) is 4.53. The maximum Gasteiger partial charge on any atom is 0.307 e. The summed E-state index contributed by atoms with van der Waals surface area (Å²) in [4.78, 5) is 15.5. The quantitative estimate of drug-likeness (QED) is 0.701. The van der Waals surface area contributed by atoms with Crippen molar-refractivity contribution in [2.45, 2.75) is 19.8 Å². The van der Waals surface area contributed by atoms with Crippen molar-refractivity contribution in [2.24, 2.45) is 0 Å². The van der Waals surface area contributed by atoms with Gasteiger partial charge in [-0.05, 0) is 19.4 Å². The Labute approximate surface area is 117 Å². The van der Waals surface area contributed by atoms with Crippen LogP contribution in [0.4, 0.5) is 5.69 Å². The number of hydrogen-bond donors (Lipinski definition) is 3. The molecule has 0 bridgehead atoms. The third kappa shape index (κ3) is 3.05. The van der Waals surface area contributed by atoms with E-state index < -0.39 is 5.97 Å². The van der Waals surface area contributed by atoms with Gasteiger partial charge in [-0.2, -0.15) is 0 Å². The number of aromatic nitrogens is 1. The van der Waals surface area contributed by atoms with Crippen LogP contribution in [0.15, 0.2) is 24.3 Å². The van der Waals surface area contributed by atoms with E-state index in [1.54, 1.807) is 0 Å². The molecule has 0 saturated carbocycles. The second kappa shape index (κ2) is 6.34. The zero-order valence-electron chi connectivity index (χ0n) is 11.4. The third-order valence-electron chi connectivity index (χ3n) is 3.16. The first-order valence-electron chi connectivity index (χ1n) is 6.58. The standard InChI is InChI=1S/C15H18N2O3/c1-10-12(9-14(19)20)15(16-7-4-8-18)11-5-2-3-6-13(11)17-10/h2-3,5-6,18H,4,7-9H2,1H3,(H,16,17)(H,19,20). The fraction of sp³-hybridized carbons (Fsp3) is 0.333. The van der Waals surface area contributed by atoms with Gasteiger partial charge in [-0.3, -0.25) is 9.78 Å². The van der Waals surface area contributed by atoms with E-state index in [0.29, 0.717) is 18.5 Å². The largest absolute Gasteiger partial charge is 0.481 e. The van der Waals surface area contributed by atoms with Gasteiger partial charge in [0, 0.05) is 35.5 Å². The lowest BCUT2D eigenvalue weighted by Gasteiger charge is -2.16. The van der Waals surface area contributed by atoms with E-state index >= 15 is 0 Å². The number of fused-ring (bicyclic) bond motifs is 1. The number of nitrogens with one attached hydrogen (secondary N) is 1. The number of anilines is 1. The molecule has 1 aromatic carbocycles. The number of carbonyl (C=O) groups is 1. The van der Waals surface area contributed by atoms with Crippen LogP contribution in [0.3, 0.4) is 0 Å². The number of carboxylic acids is 1. The highest BCUT2D eigenvalue weighted by Gasteiger charge is 2.14. The van der Waals surface area contributed by atoms with E-state index in [2.05, 4.69) is 10.3 Å². The topological polar surface area (TPSA) is 82.5 Å². The number of carboxylic acid groups (broad SMARTS) is 1.